The number of rotatable bonds is 4. The smallest absolute Gasteiger partial charge is 0.217 e. The molecule has 9 aromatic rings. The fraction of sp³-hybridized carbons (Fsp3) is 0.231. The molecule has 4 aliphatic rings. The summed E-state index contributed by atoms with van der Waals surface area (Å²) in [4.78, 5) is 2.74. The van der Waals surface area contributed by atoms with Gasteiger partial charge in [-0.05, 0) is 120 Å². The van der Waals surface area contributed by atoms with Crippen LogP contribution >= 0.6 is 0 Å². The Bertz CT molecular complexity index is 3530. The minimum absolute atomic E-state index is 0.0205. The average molecular weight is 879 g/mol. The van der Waals surface area contributed by atoms with Crippen molar-refractivity contribution in [3.8, 4) is 44.6 Å². The first-order chi connectivity index (χ1) is 32.9. The van der Waals surface area contributed by atoms with Crippen molar-refractivity contribution in [2.75, 3.05) is 4.90 Å². The van der Waals surface area contributed by atoms with Crippen molar-refractivity contribution in [1.82, 2.24) is 4.57 Å². The molecule has 2 aliphatic carbocycles. The summed E-state index contributed by atoms with van der Waals surface area (Å²) in [5.74, 6) is 0. The first-order valence-electron chi connectivity index (χ1n) is 25.1. The van der Waals surface area contributed by atoms with Gasteiger partial charge in [-0.1, -0.05) is 212 Å². The molecule has 68 heavy (non-hydrogen) atoms. The van der Waals surface area contributed by atoms with Crippen LogP contribution in [0.2, 0.25) is 6.32 Å². The number of hydrogen-bond acceptors (Lipinski definition) is 1. The Hall–Kier alpha value is -6.84. The van der Waals surface area contributed by atoms with Gasteiger partial charge in [0.2, 0.25) is 6.71 Å². The van der Waals surface area contributed by atoms with Crippen LogP contribution in [0.1, 0.15) is 93.0 Å². The lowest BCUT2D eigenvalue weighted by Crippen LogP contribution is -2.53. The van der Waals surface area contributed by atoms with Crippen molar-refractivity contribution in [2.45, 2.75) is 97.0 Å². The van der Waals surface area contributed by atoms with E-state index < -0.39 is 0 Å². The third kappa shape index (κ3) is 5.97. The first kappa shape index (κ1) is 41.4. The maximum absolute atomic E-state index is 2.78. The van der Waals surface area contributed by atoms with Crippen LogP contribution in [0, 0.1) is 0 Å². The molecule has 0 unspecified atom stereocenters. The van der Waals surface area contributed by atoms with Gasteiger partial charge in [-0.15, -0.1) is 0 Å². The Balaban J connectivity index is 1.10. The van der Waals surface area contributed by atoms with Crippen molar-refractivity contribution in [1.29, 1.82) is 0 Å². The zero-order valence-corrected chi connectivity index (χ0v) is 40.7. The summed E-state index contributed by atoms with van der Waals surface area (Å²) in [6.07, 6.45) is 2.93. The third-order valence-electron chi connectivity index (χ3n) is 16.7. The Kier molecular flexibility index (Phi) is 9.02. The molecule has 0 radical (unpaired) electrons. The number of hydrogen-bond donors (Lipinski definition) is 0. The van der Waals surface area contributed by atoms with Gasteiger partial charge in [0.25, 0.3) is 0 Å². The minimum atomic E-state index is -0.118. The van der Waals surface area contributed by atoms with E-state index in [0.29, 0.717) is 0 Å². The molecule has 0 saturated heterocycles. The number of para-hydroxylation sites is 1. The van der Waals surface area contributed by atoms with Gasteiger partial charge in [-0.3, -0.25) is 0 Å². The van der Waals surface area contributed by atoms with Crippen molar-refractivity contribution in [3.05, 3.63) is 214 Å². The van der Waals surface area contributed by atoms with E-state index in [0.717, 1.165) is 32.3 Å². The topological polar surface area (TPSA) is 8.17 Å². The highest BCUT2D eigenvalue weighted by Gasteiger charge is 2.45. The van der Waals surface area contributed by atoms with E-state index in [1.54, 1.807) is 0 Å². The van der Waals surface area contributed by atoms with Crippen LogP contribution in [0.5, 0.6) is 0 Å². The summed E-state index contributed by atoms with van der Waals surface area (Å²) in [6.45, 7) is 18.7. The van der Waals surface area contributed by atoms with Crippen LogP contribution in [0.15, 0.2) is 170 Å². The second-order valence-electron chi connectivity index (χ2n) is 22.3. The second kappa shape index (κ2) is 14.8. The SMILES string of the molecule is CC(C)(C)c1ccc(CN2c3cc(-c4ccccc4)cc4c3B(CCn3c5c(c6cccc(c63)CC4)C(C)(C)c3ccccc3-5)c3c2ccc2c3-c3ccccc3C2(C)C)c(-c2ccccc2)c1. The van der Waals surface area contributed by atoms with E-state index in [4.69, 9.17) is 0 Å². The molecule has 13 rings (SSSR count). The Morgan fingerprint density at radius 3 is 1.96 bits per heavy atom. The van der Waals surface area contributed by atoms with Gasteiger partial charge in [0, 0.05) is 46.2 Å². The number of fused-ring (bicyclic) bond motifs is 11. The van der Waals surface area contributed by atoms with Crippen LogP contribution in [0.25, 0.3) is 55.5 Å². The zero-order valence-electron chi connectivity index (χ0n) is 40.7. The summed E-state index contributed by atoms with van der Waals surface area (Å²) in [5, 5.41) is 1.43. The lowest BCUT2D eigenvalue weighted by atomic mass is 9.35. The van der Waals surface area contributed by atoms with Gasteiger partial charge < -0.3 is 9.47 Å². The van der Waals surface area contributed by atoms with E-state index in [9.17, 15) is 0 Å². The summed E-state index contributed by atoms with van der Waals surface area (Å²) in [6, 6.07) is 65.4. The molecule has 0 N–H and O–H groups in total. The van der Waals surface area contributed by atoms with Gasteiger partial charge >= 0.3 is 0 Å². The summed E-state index contributed by atoms with van der Waals surface area (Å²) >= 11 is 0. The van der Waals surface area contributed by atoms with Gasteiger partial charge in [-0.2, -0.15) is 0 Å². The van der Waals surface area contributed by atoms with Crippen LogP contribution < -0.4 is 15.8 Å². The van der Waals surface area contributed by atoms with Crippen molar-refractivity contribution < 1.29 is 0 Å². The molecule has 0 amide bonds. The molecule has 8 aromatic carbocycles. The molecule has 0 atom stereocenters. The van der Waals surface area contributed by atoms with E-state index >= 15 is 0 Å². The van der Waals surface area contributed by atoms with E-state index in [2.05, 4.69) is 228 Å². The monoisotopic (exact) mass is 878 g/mol. The van der Waals surface area contributed by atoms with Crippen LogP contribution in [-0.2, 0) is 42.2 Å². The Morgan fingerprint density at radius 1 is 0.529 bits per heavy atom. The Morgan fingerprint density at radius 2 is 1.21 bits per heavy atom. The van der Waals surface area contributed by atoms with Crippen molar-refractivity contribution in [3.63, 3.8) is 0 Å². The van der Waals surface area contributed by atoms with Crippen molar-refractivity contribution >= 4 is 39.9 Å². The molecule has 2 nitrogen and oxygen atoms in total. The molecule has 3 heteroatoms. The highest BCUT2D eigenvalue weighted by molar-refractivity contribution is 6.89. The maximum Gasteiger partial charge on any atom is 0.217 e. The van der Waals surface area contributed by atoms with Gasteiger partial charge in [0.1, 0.15) is 0 Å². The molecular formula is C65H59BN2. The summed E-state index contributed by atoms with van der Waals surface area (Å²) in [5.41, 5.74) is 29.3. The molecule has 332 valence electrons. The molecule has 3 heterocycles. The largest absolute Gasteiger partial charge is 0.341 e. The first-order valence-corrected chi connectivity index (χ1v) is 25.1. The number of aromatic nitrogens is 1. The van der Waals surface area contributed by atoms with Gasteiger partial charge in [0.05, 0.1) is 11.2 Å². The van der Waals surface area contributed by atoms with Gasteiger partial charge in [0.15, 0.2) is 0 Å². The van der Waals surface area contributed by atoms with Crippen LogP contribution in [0.3, 0.4) is 0 Å². The zero-order chi connectivity index (χ0) is 46.3. The number of anilines is 2. The molecule has 0 saturated carbocycles. The normalized spacial score (nSPS) is 15.9. The lowest BCUT2D eigenvalue weighted by molar-refractivity contribution is 0.590. The maximum atomic E-state index is 2.78. The predicted octanol–water partition coefficient (Wildman–Crippen LogP) is 14.9. The van der Waals surface area contributed by atoms with Gasteiger partial charge in [-0.25, -0.2) is 0 Å². The standard InChI is InChI=1S/C65H59BN2/c1-63(2,3)47-32-31-45(51(39-47)42-21-12-9-13-22-42)40-68-55-34-33-54-57(48-24-14-16-27-52(48)64(54,4)5)60(55)66-35-36-67-61-43(29-30-44-37-46(38-56(68)59(44)66)41-19-10-8-11-20-41)23-18-26-50(61)58-62(67)49-25-15-17-28-53(49)65(58,6)7/h8-28,31-34,37-39H,29-30,35-36,40H2,1-7H3. The molecule has 0 fully saturated rings. The Labute approximate surface area is 403 Å². The summed E-state index contributed by atoms with van der Waals surface area (Å²) in [7, 11) is 0. The highest BCUT2D eigenvalue weighted by Crippen LogP contribution is 2.55. The third-order valence-corrected chi connectivity index (χ3v) is 16.7. The fourth-order valence-electron chi connectivity index (χ4n) is 13.4. The minimum Gasteiger partial charge on any atom is -0.341 e. The van der Waals surface area contributed by atoms with Crippen LogP contribution in [0.4, 0.5) is 11.4 Å². The number of benzene rings is 8. The van der Waals surface area contributed by atoms with E-state index in [1.165, 1.54) is 122 Å². The molecule has 2 aliphatic heterocycles. The van der Waals surface area contributed by atoms with Crippen molar-refractivity contribution in [2.24, 2.45) is 0 Å². The molecule has 0 spiro atoms. The highest BCUT2D eigenvalue weighted by atomic mass is 15.1. The number of nitrogens with zero attached hydrogens (tertiary/aromatic N) is 2. The van der Waals surface area contributed by atoms with Crippen LogP contribution in [-0.4, -0.2) is 11.3 Å². The van der Waals surface area contributed by atoms with E-state index in [1.807, 2.05) is 0 Å². The summed E-state index contributed by atoms with van der Waals surface area (Å²) < 4.78 is 2.78. The second-order valence-corrected chi connectivity index (χ2v) is 22.3. The molecular weight excluding hydrogens is 820 g/mol. The lowest BCUT2D eigenvalue weighted by Gasteiger charge is -2.41. The van der Waals surface area contributed by atoms with E-state index in [-0.39, 0.29) is 23.0 Å². The average Bonchev–Trinajstić information content (AvgIpc) is 3.91. The number of aryl methyl sites for hydroxylation is 3. The quantitative estimate of drug-likeness (QED) is 0.160. The molecule has 0 bridgehead atoms. The molecule has 1 aromatic heterocycles. The fourth-order valence-corrected chi connectivity index (χ4v) is 13.4. The predicted molar refractivity (Wildman–Crippen MR) is 289 cm³/mol.